The van der Waals surface area contributed by atoms with Crippen LogP contribution in [0.4, 0.5) is 15.8 Å². The van der Waals surface area contributed by atoms with E-state index in [1.54, 1.807) is 24.3 Å². The Morgan fingerprint density at radius 2 is 1.74 bits per heavy atom. The number of anilines is 1. The molecule has 0 aromatic heterocycles. The van der Waals surface area contributed by atoms with E-state index in [1.165, 1.54) is 24.3 Å². The van der Waals surface area contributed by atoms with Gasteiger partial charge in [-0.15, -0.1) is 0 Å². The van der Waals surface area contributed by atoms with E-state index in [1.807, 2.05) is 19.9 Å². The summed E-state index contributed by atoms with van der Waals surface area (Å²) in [5.41, 5.74) is 1.80. The van der Waals surface area contributed by atoms with Crippen molar-refractivity contribution in [3.05, 3.63) is 81.7 Å². The lowest BCUT2D eigenvalue weighted by atomic mass is 9.79. The van der Waals surface area contributed by atoms with E-state index in [9.17, 15) is 19.3 Å². The van der Waals surface area contributed by atoms with E-state index in [4.69, 9.17) is 34.8 Å². The highest BCUT2D eigenvalue weighted by atomic mass is 35.6. The molecule has 0 heterocycles. The second kappa shape index (κ2) is 12.4. The molecule has 1 amide bonds. The van der Waals surface area contributed by atoms with Crippen LogP contribution in [0, 0.1) is 15.9 Å². The van der Waals surface area contributed by atoms with E-state index in [-0.39, 0.29) is 11.5 Å². The Labute approximate surface area is 213 Å². The molecule has 1 atom stereocenters. The number of hydrogen-bond donors (Lipinski definition) is 2. The molecule has 0 fully saturated rings. The molecule has 0 saturated carbocycles. The third kappa shape index (κ3) is 8.15. The van der Waals surface area contributed by atoms with Gasteiger partial charge in [-0.3, -0.25) is 14.9 Å². The highest BCUT2D eigenvalue weighted by molar-refractivity contribution is 6.76. The molecular formula is C24H27Cl3FN3O3. The minimum Gasteiger partial charge on any atom is -0.381 e. The molecule has 2 aromatic carbocycles. The Kier molecular flexibility index (Phi) is 10.2. The monoisotopic (exact) mass is 529 g/mol. The molecule has 10 heteroatoms. The topological polar surface area (TPSA) is 84.3 Å². The lowest BCUT2D eigenvalue weighted by Gasteiger charge is -2.37. The van der Waals surface area contributed by atoms with E-state index < -0.39 is 20.2 Å². The molecule has 0 aliphatic heterocycles. The molecule has 34 heavy (non-hydrogen) atoms. The van der Waals surface area contributed by atoms with Crippen molar-refractivity contribution in [2.75, 3.05) is 11.9 Å². The number of hydrogen-bond acceptors (Lipinski definition) is 4. The molecule has 2 N–H and O–H groups in total. The number of non-ortho nitro benzene ring substituents is 1. The van der Waals surface area contributed by atoms with Crippen LogP contribution in [0.15, 0.2) is 60.2 Å². The molecule has 0 saturated heterocycles. The number of amides is 1. The normalized spacial score (nSPS) is 17.6. The van der Waals surface area contributed by atoms with Crippen LogP contribution in [0.25, 0.3) is 0 Å². The van der Waals surface area contributed by atoms with Crippen LogP contribution < -0.4 is 10.6 Å². The molecule has 1 aliphatic rings. The van der Waals surface area contributed by atoms with Crippen LogP contribution in [-0.2, 0) is 11.2 Å². The minimum absolute atomic E-state index is 0.0140. The Morgan fingerprint density at radius 3 is 2.29 bits per heavy atom. The van der Waals surface area contributed by atoms with Crippen molar-refractivity contribution in [2.24, 2.45) is 0 Å². The van der Waals surface area contributed by atoms with Gasteiger partial charge in [0.25, 0.3) is 15.4 Å². The zero-order chi connectivity index (χ0) is 25.4. The molecular weight excluding hydrogens is 504 g/mol. The number of nitro groups is 1. The third-order valence-electron chi connectivity index (χ3n) is 5.25. The molecule has 0 bridgehead atoms. The average molecular weight is 531 g/mol. The number of nitro benzene ring substituents is 1. The first-order chi connectivity index (χ1) is 16.1. The van der Waals surface area contributed by atoms with Crippen molar-refractivity contribution in [3.63, 3.8) is 0 Å². The summed E-state index contributed by atoms with van der Waals surface area (Å²) in [6.45, 7) is 4.48. The fourth-order valence-electron chi connectivity index (χ4n) is 3.77. The number of nitrogens with zero attached hydrogens (tertiary/aromatic N) is 1. The first-order valence-corrected chi connectivity index (χ1v) is 12.0. The first-order valence-electron chi connectivity index (χ1n) is 10.9. The maximum absolute atomic E-state index is 13.3. The Bertz CT molecular complexity index is 1010. The van der Waals surface area contributed by atoms with Crippen LogP contribution in [-0.4, -0.2) is 26.7 Å². The van der Waals surface area contributed by atoms with Gasteiger partial charge in [0.2, 0.25) is 0 Å². The zero-order valence-electron chi connectivity index (χ0n) is 18.9. The standard InChI is InChI=1S/C22H21Cl3FN3O3.C2H6/c23-22(24,25)20(30)28-21(12-15-3-5-17(26)6-4-15)11-1-2-16(13-21)14-27-18-7-9-19(10-8-18)29(31)32;1-2/h3-10,13,27H,1-2,11-12,14H2,(H,28,30);1-2H3. The molecule has 1 unspecified atom stereocenters. The van der Waals surface area contributed by atoms with Gasteiger partial charge in [0.15, 0.2) is 0 Å². The van der Waals surface area contributed by atoms with Gasteiger partial charge in [-0.1, -0.05) is 72.4 Å². The van der Waals surface area contributed by atoms with Gasteiger partial charge in [-0.05, 0) is 55.5 Å². The van der Waals surface area contributed by atoms with Gasteiger partial charge in [0.05, 0.1) is 10.5 Å². The number of alkyl halides is 3. The van der Waals surface area contributed by atoms with Crippen LogP contribution in [0.5, 0.6) is 0 Å². The summed E-state index contributed by atoms with van der Waals surface area (Å²) in [5, 5.41) is 16.9. The second-order valence-electron chi connectivity index (χ2n) is 7.72. The summed E-state index contributed by atoms with van der Waals surface area (Å²) in [6.07, 6.45) is 4.58. The number of benzene rings is 2. The highest BCUT2D eigenvalue weighted by Gasteiger charge is 2.39. The SMILES string of the molecule is CC.O=C(NC1(Cc2ccc(F)cc2)C=C(CNc2ccc([N+](=O)[O-])cc2)CCC1)C(Cl)(Cl)Cl. The number of carbonyl (C=O) groups excluding carboxylic acids is 1. The highest BCUT2D eigenvalue weighted by Crippen LogP contribution is 2.33. The number of halogens is 4. The predicted molar refractivity (Wildman–Crippen MR) is 136 cm³/mol. The maximum Gasteiger partial charge on any atom is 0.272 e. The summed E-state index contributed by atoms with van der Waals surface area (Å²) >= 11 is 17.4. The van der Waals surface area contributed by atoms with Crippen LogP contribution in [0.3, 0.4) is 0 Å². The van der Waals surface area contributed by atoms with Crippen molar-refractivity contribution < 1.29 is 14.1 Å². The van der Waals surface area contributed by atoms with E-state index in [0.29, 0.717) is 19.4 Å². The molecule has 0 radical (unpaired) electrons. The maximum atomic E-state index is 13.3. The quantitative estimate of drug-likeness (QED) is 0.179. The number of carbonyl (C=O) groups is 1. The van der Waals surface area contributed by atoms with Gasteiger partial charge in [-0.25, -0.2) is 4.39 Å². The van der Waals surface area contributed by atoms with Gasteiger partial charge in [0, 0.05) is 24.4 Å². The summed E-state index contributed by atoms with van der Waals surface area (Å²) in [6, 6.07) is 12.2. The molecule has 0 spiro atoms. The van der Waals surface area contributed by atoms with Crippen molar-refractivity contribution >= 4 is 52.1 Å². The Morgan fingerprint density at radius 1 is 1.12 bits per heavy atom. The molecule has 3 rings (SSSR count). The van der Waals surface area contributed by atoms with E-state index >= 15 is 0 Å². The summed E-state index contributed by atoms with van der Waals surface area (Å²) in [7, 11) is 0. The van der Waals surface area contributed by atoms with Crippen molar-refractivity contribution in [3.8, 4) is 0 Å². The first kappa shape index (κ1) is 27.9. The largest absolute Gasteiger partial charge is 0.381 e. The van der Waals surface area contributed by atoms with Gasteiger partial charge in [0.1, 0.15) is 5.82 Å². The fraction of sp³-hybridized carbons (Fsp3) is 0.375. The average Bonchev–Trinajstić information content (AvgIpc) is 2.80. The molecule has 1 aliphatic carbocycles. The number of nitrogens with one attached hydrogen (secondary N) is 2. The van der Waals surface area contributed by atoms with Crippen LogP contribution in [0.2, 0.25) is 0 Å². The van der Waals surface area contributed by atoms with Crippen molar-refractivity contribution in [2.45, 2.75) is 48.9 Å². The second-order valence-corrected chi connectivity index (χ2v) is 10.0. The Hall–Kier alpha value is -2.35. The predicted octanol–water partition coefficient (Wildman–Crippen LogP) is 6.75. The lowest BCUT2D eigenvalue weighted by Crippen LogP contribution is -2.53. The third-order valence-corrected chi connectivity index (χ3v) is 5.77. The zero-order valence-corrected chi connectivity index (χ0v) is 21.2. The lowest BCUT2D eigenvalue weighted by molar-refractivity contribution is -0.384. The summed E-state index contributed by atoms with van der Waals surface area (Å²) in [5.74, 6) is -1.08. The van der Waals surface area contributed by atoms with Crippen LogP contribution in [0.1, 0.15) is 38.7 Å². The summed E-state index contributed by atoms with van der Waals surface area (Å²) in [4.78, 5) is 22.8. The smallest absolute Gasteiger partial charge is 0.272 e. The van der Waals surface area contributed by atoms with Gasteiger partial charge < -0.3 is 10.6 Å². The van der Waals surface area contributed by atoms with E-state index in [2.05, 4.69) is 10.6 Å². The minimum atomic E-state index is -2.11. The van der Waals surface area contributed by atoms with Gasteiger partial charge >= 0.3 is 0 Å². The van der Waals surface area contributed by atoms with E-state index in [0.717, 1.165) is 29.7 Å². The number of rotatable bonds is 7. The summed E-state index contributed by atoms with van der Waals surface area (Å²) < 4.78 is 11.2. The molecule has 184 valence electrons. The molecule has 2 aromatic rings. The Balaban J connectivity index is 0.00000199. The van der Waals surface area contributed by atoms with Crippen molar-refractivity contribution in [1.82, 2.24) is 5.32 Å². The van der Waals surface area contributed by atoms with Gasteiger partial charge in [-0.2, -0.15) is 0 Å². The molecule has 6 nitrogen and oxygen atoms in total. The fourth-order valence-corrected chi connectivity index (χ4v) is 3.91. The van der Waals surface area contributed by atoms with Crippen LogP contribution >= 0.6 is 34.8 Å². The van der Waals surface area contributed by atoms with Crippen molar-refractivity contribution in [1.29, 1.82) is 0 Å².